The Morgan fingerprint density at radius 3 is 2.76 bits per heavy atom. The Labute approximate surface area is 144 Å². The molecule has 0 aromatic heterocycles. The van der Waals surface area contributed by atoms with Crippen LogP contribution in [0.25, 0.3) is 0 Å². The van der Waals surface area contributed by atoms with Gasteiger partial charge in [0.25, 0.3) is 5.69 Å². The molecule has 0 unspecified atom stereocenters. The van der Waals surface area contributed by atoms with Crippen molar-refractivity contribution in [1.82, 2.24) is 0 Å². The van der Waals surface area contributed by atoms with E-state index in [1.165, 1.54) is 6.07 Å². The van der Waals surface area contributed by atoms with Gasteiger partial charge in [0.1, 0.15) is 0 Å². The Morgan fingerprint density at radius 2 is 2.00 bits per heavy atom. The normalized spacial score (nSPS) is 23.4. The molecular formula is C19H16N2O4. The van der Waals surface area contributed by atoms with Gasteiger partial charge in [0, 0.05) is 23.7 Å². The first kappa shape index (κ1) is 15.4. The van der Waals surface area contributed by atoms with Gasteiger partial charge in [-0.2, -0.15) is 0 Å². The number of benzene rings is 2. The van der Waals surface area contributed by atoms with E-state index in [-0.39, 0.29) is 34.1 Å². The van der Waals surface area contributed by atoms with Crippen molar-refractivity contribution >= 4 is 17.3 Å². The average molecular weight is 336 g/mol. The van der Waals surface area contributed by atoms with Gasteiger partial charge in [-0.05, 0) is 35.6 Å². The molecule has 25 heavy (non-hydrogen) atoms. The summed E-state index contributed by atoms with van der Waals surface area (Å²) in [5.41, 5.74) is 2.83. The fraction of sp³-hybridized carbons (Fsp3) is 0.211. The maximum Gasteiger partial charge on any atom is 0.336 e. The van der Waals surface area contributed by atoms with E-state index in [4.69, 9.17) is 0 Å². The van der Waals surface area contributed by atoms with Gasteiger partial charge in [-0.1, -0.05) is 30.4 Å². The van der Waals surface area contributed by atoms with Crippen LogP contribution in [0.4, 0.5) is 11.4 Å². The largest absolute Gasteiger partial charge is 0.478 e. The number of nitro groups is 1. The third-order valence-corrected chi connectivity index (χ3v) is 5.08. The number of allylic oxidation sites excluding steroid dienone is 2. The standard InChI is InChI=1S/C19H16N2O4/c22-19(23)15-5-2-1-4-14(15)18-13-7-3-6-12(13)16-10-11(21(24)25)8-9-17(16)20-18/h1-6,8-10,12-13,18,20H,7H2,(H,22,23)/t12-,13-,18+/m0/s1. The van der Waals surface area contributed by atoms with Gasteiger partial charge in [0.15, 0.2) is 0 Å². The SMILES string of the molecule is O=C(O)c1ccccc1[C@@H]1Nc2ccc([N+](=O)[O-])cc2[C@H]2C=CC[C@@H]21. The second-order valence-electron chi connectivity index (χ2n) is 6.40. The van der Waals surface area contributed by atoms with E-state index in [0.717, 1.165) is 23.2 Å². The first-order valence-corrected chi connectivity index (χ1v) is 8.10. The second-order valence-corrected chi connectivity index (χ2v) is 6.40. The highest BCUT2D eigenvalue weighted by atomic mass is 16.6. The van der Waals surface area contributed by atoms with E-state index in [1.807, 2.05) is 12.1 Å². The number of fused-ring (bicyclic) bond motifs is 3. The van der Waals surface area contributed by atoms with Crippen LogP contribution in [0.3, 0.4) is 0 Å². The summed E-state index contributed by atoms with van der Waals surface area (Å²) in [6.45, 7) is 0. The molecule has 6 heteroatoms. The quantitative estimate of drug-likeness (QED) is 0.500. The molecular weight excluding hydrogens is 320 g/mol. The van der Waals surface area contributed by atoms with Crippen LogP contribution in [-0.4, -0.2) is 16.0 Å². The minimum atomic E-state index is -0.950. The van der Waals surface area contributed by atoms with Crippen molar-refractivity contribution in [1.29, 1.82) is 0 Å². The maximum atomic E-state index is 11.6. The van der Waals surface area contributed by atoms with Crippen molar-refractivity contribution in [3.05, 3.63) is 81.4 Å². The first-order valence-electron chi connectivity index (χ1n) is 8.10. The molecule has 3 atom stereocenters. The van der Waals surface area contributed by atoms with Gasteiger partial charge in [-0.25, -0.2) is 4.79 Å². The number of non-ortho nitro benzene ring substituents is 1. The number of nitrogens with one attached hydrogen (secondary N) is 1. The number of rotatable bonds is 3. The van der Waals surface area contributed by atoms with Crippen molar-refractivity contribution in [3.8, 4) is 0 Å². The molecule has 2 N–H and O–H groups in total. The summed E-state index contributed by atoms with van der Waals surface area (Å²) in [6.07, 6.45) is 4.95. The van der Waals surface area contributed by atoms with Crippen molar-refractivity contribution in [2.45, 2.75) is 18.4 Å². The minimum Gasteiger partial charge on any atom is -0.478 e. The van der Waals surface area contributed by atoms with Crippen molar-refractivity contribution < 1.29 is 14.8 Å². The molecule has 2 aromatic carbocycles. The average Bonchev–Trinajstić information content (AvgIpc) is 3.10. The van der Waals surface area contributed by atoms with Gasteiger partial charge in [0.2, 0.25) is 0 Å². The number of carboxylic acids is 1. The Bertz CT molecular complexity index is 906. The zero-order valence-electron chi connectivity index (χ0n) is 13.3. The summed E-state index contributed by atoms with van der Waals surface area (Å²) in [7, 11) is 0. The van der Waals surface area contributed by atoms with Gasteiger partial charge in [-0.15, -0.1) is 0 Å². The molecule has 0 spiro atoms. The van der Waals surface area contributed by atoms with Crippen LogP contribution >= 0.6 is 0 Å². The third-order valence-electron chi connectivity index (χ3n) is 5.08. The highest BCUT2D eigenvalue weighted by molar-refractivity contribution is 5.90. The van der Waals surface area contributed by atoms with Crippen molar-refractivity contribution in [2.75, 3.05) is 5.32 Å². The summed E-state index contributed by atoms with van der Waals surface area (Å²) in [5, 5.41) is 24.0. The maximum absolute atomic E-state index is 11.6. The highest BCUT2D eigenvalue weighted by Crippen LogP contribution is 2.50. The Balaban J connectivity index is 1.81. The van der Waals surface area contributed by atoms with Gasteiger partial charge < -0.3 is 10.4 Å². The number of carboxylic acid groups (broad SMARTS) is 1. The van der Waals surface area contributed by atoms with Gasteiger partial charge >= 0.3 is 5.97 Å². The predicted octanol–water partition coefficient (Wildman–Crippen LogP) is 4.12. The van der Waals surface area contributed by atoms with Crippen LogP contribution in [0.5, 0.6) is 0 Å². The molecule has 0 saturated heterocycles. The van der Waals surface area contributed by atoms with E-state index in [0.29, 0.717) is 0 Å². The number of hydrogen-bond acceptors (Lipinski definition) is 4. The van der Waals surface area contributed by atoms with Gasteiger partial charge in [-0.3, -0.25) is 10.1 Å². The van der Waals surface area contributed by atoms with Crippen molar-refractivity contribution in [3.63, 3.8) is 0 Å². The van der Waals surface area contributed by atoms with E-state index in [9.17, 15) is 20.0 Å². The van der Waals surface area contributed by atoms with Crippen LogP contribution < -0.4 is 5.32 Å². The highest BCUT2D eigenvalue weighted by Gasteiger charge is 2.39. The summed E-state index contributed by atoms with van der Waals surface area (Å²) >= 11 is 0. The Morgan fingerprint density at radius 1 is 1.20 bits per heavy atom. The summed E-state index contributed by atoms with van der Waals surface area (Å²) in [5.74, 6) is -0.771. The van der Waals surface area contributed by atoms with E-state index >= 15 is 0 Å². The van der Waals surface area contributed by atoms with E-state index < -0.39 is 5.97 Å². The topological polar surface area (TPSA) is 92.5 Å². The molecule has 2 aliphatic rings. The van der Waals surface area contributed by atoms with E-state index in [2.05, 4.69) is 17.5 Å². The molecule has 2 aromatic rings. The predicted molar refractivity (Wildman–Crippen MR) is 92.8 cm³/mol. The number of nitrogens with zero attached hydrogens (tertiary/aromatic N) is 1. The van der Waals surface area contributed by atoms with E-state index in [1.54, 1.807) is 24.3 Å². The lowest BCUT2D eigenvalue weighted by atomic mass is 9.76. The van der Waals surface area contributed by atoms with Crippen LogP contribution in [-0.2, 0) is 0 Å². The molecule has 1 aliphatic heterocycles. The lowest BCUT2D eigenvalue weighted by molar-refractivity contribution is -0.384. The second kappa shape index (κ2) is 5.73. The van der Waals surface area contributed by atoms with Crippen LogP contribution in [0, 0.1) is 16.0 Å². The van der Waals surface area contributed by atoms with Crippen molar-refractivity contribution in [2.24, 2.45) is 5.92 Å². The molecule has 0 fully saturated rings. The molecule has 6 nitrogen and oxygen atoms in total. The minimum absolute atomic E-state index is 0.0444. The number of aromatic carboxylic acids is 1. The molecule has 1 aliphatic carbocycles. The molecule has 0 bridgehead atoms. The number of hydrogen-bond donors (Lipinski definition) is 2. The van der Waals surface area contributed by atoms with Gasteiger partial charge in [0.05, 0.1) is 16.5 Å². The molecule has 0 saturated carbocycles. The third kappa shape index (κ3) is 2.46. The number of nitro benzene ring substituents is 1. The lowest BCUT2D eigenvalue weighted by Gasteiger charge is -2.37. The number of carbonyl (C=O) groups is 1. The monoisotopic (exact) mass is 336 g/mol. The summed E-state index contributed by atoms with van der Waals surface area (Å²) in [6, 6.07) is 11.7. The fourth-order valence-corrected chi connectivity index (χ4v) is 3.97. The molecule has 0 radical (unpaired) electrons. The molecule has 1 heterocycles. The number of anilines is 1. The lowest BCUT2D eigenvalue weighted by Crippen LogP contribution is -2.30. The first-order chi connectivity index (χ1) is 12.1. The molecule has 0 amide bonds. The van der Waals surface area contributed by atoms with Crippen LogP contribution in [0.15, 0.2) is 54.6 Å². The zero-order chi connectivity index (χ0) is 17.6. The molecule has 4 rings (SSSR count). The van der Waals surface area contributed by atoms with Crippen LogP contribution in [0.1, 0.15) is 39.9 Å². The van der Waals surface area contributed by atoms with Crippen LogP contribution in [0.2, 0.25) is 0 Å². The zero-order valence-corrected chi connectivity index (χ0v) is 13.3. The summed E-state index contributed by atoms with van der Waals surface area (Å²) < 4.78 is 0. The summed E-state index contributed by atoms with van der Waals surface area (Å²) in [4.78, 5) is 22.3. The smallest absolute Gasteiger partial charge is 0.336 e. The Hall–Kier alpha value is -3.15. The Kier molecular flexibility index (Phi) is 3.53. The molecule has 126 valence electrons. The fourth-order valence-electron chi connectivity index (χ4n) is 3.97.